The van der Waals surface area contributed by atoms with Gasteiger partial charge in [0.15, 0.2) is 7.14 Å². The molecule has 2 heteroatoms. The van der Waals surface area contributed by atoms with Gasteiger partial charge in [0.1, 0.15) is 0 Å². The largest absolute Gasteiger partial charge is 0.309 e. The second-order valence-corrected chi connectivity index (χ2v) is 11.9. The third-order valence-electron chi connectivity index (χ3n) is 7.46. The second-order valence-electron chi connectivity index (χ2n) is 9.20. The smallest absolute Gasteiger partial charge is 0.172 e. The summed E-state index contributed by atoms with van der Waals surface area (Å²) in [4.78, 5) is 0. The Balaban J connectivity index is 1.70. The Morgan fingerprint density at radius 3 is 2.32 bits per heavy atom. The summed E-state index contributed by atoms with van der Waals surface area (Å²) < 4.78 is 15.6. The number of allylic oxidation sites excluding steroid dienone is 8. The molecule has 1 nitrogen and oxygen atoms in total. The number of benzene rings is 4. The minimum atomic E-state index is -3.13. The van der Waals surface area contributed by atoms with Crippen LogP contribution in [0, 0.1) is 11.8 Å². The summed E-state index contributed by atoms with van der Waals surface area (Å²) in [7, 11) is -3.13. The summed E-state index contributed by atoms with van der Waals surface area (Å²) in [5, 5.41) is 5.13. The van der Waals surface area contributed by atoms with Crippen molar-refractivity contribution in [1.82, 2.24) is 0 Å². The predicted octanol–water partition coefficient (Wildman–Crippen LogP) is 6.63. The van der Waals surface area contributed by atoms with E-state index in [-0.39, 0.29) is 5.92 Å². The fourth-order valence-electron chi connectivity index (χ4n) is 5.94. The van der Waals surface area contributed by atoms with E-state index in [0.717, 1.165) is 27.0 Å². The maximum absolute atomic E-state index is 15.6. The van der Waals surface area contributed by atoms with Crippen LogP contribution in [-0.4, -0.2) is 0 Å². The van der Waals surface area contributed by atoms with E-state index >= 15 is 4.57 Å². The van der Waals surface area contributed by atoms with Crippen LogP contribution in [0.15, 0.2) is 127 Å². The average Bonchev–Trinajstić information content (AvgIpc) is 3.01. The van der Waals surface area contributed by atoms with Crippen molar-refractivity contribution in [3.05, 3.63) is 139 Å². The van der Waals surface area contributed by atoms with E-state index in [4.69, 9.17) is 0 Å². The molecule has 0 N–H and O–H groups in total. The summed E-state index contributed by atoms with van der Waals surface area (Å²) >= 11 is 0. The minimum absolute atomic E-state index is 0.213. The van der Waals surface area contributed by atoms with Crippen LogP contribution in [0.25, 0.3) is 21.9 Å². The van der Waals surface area contributed by atoms with Crippen LogP contribution in [0.4, 0.5) is 0 Å². The summed E-state index contributed by atoms with van der Waals surface area (Å²) in [5.41, 5.74) is 4.72. The van der Waals surface area contributed by atoms with Crippen molar-refractivity contribution in [2.75, 3.05) is 0 Å². The first-order valence-electron chi connectivity index (χ1n) is 11.8. The van der Waals surface area contributed by atoms with Crippen LogP contribution in [0.3, 0.4) is 0 Å². The molecule has 7 rings (SSSR count). The lowest BCUT2D eigenvalue weighted by Crippen LogP contribution is -2.28. The molecule has 0 saturated carbocycles. The minimum Gasteiger partial charge on any atom is -0.309 e. The zero-order chi connectivity index (χ0) is 22.7. The Labute approximate surface area is 199 Å². The van der Waals surface area contributed by atoms with Gasteiger partial charge < -0.3 is 4.57 Å². The molecule has 0 amide bonds. The van der Waals surface area contributed by atoms with Gasteiger partial charge in [-0.05, 0) is 39.1 Å². The highest BCUT2D eigenvalue weighted by Gasteiger charge is 2.41. The van der Waals surface area contributed by atoms with Crippen molar-refractivity contribution >= 4 is 45.0 Å². The molecule has 0 aromatic heterocycles. The van der Waals surface area contributed by atoms with Crippen molar-refractivity contribution in [2.45, 2.75) is 0 Å². The molecule has 3 aliphatic rings. The van der Waals surface area contributed by atoms with Gasteiger partial charge in [-0.1, -0.05) is 121 Å². The first-order valence-corrected chi connectivity index (χ1v) is 13.5. The van der Waals surface area contributed by atoms with E-state index in [0.29, 0.717) is 5.92 Å². The summed E-state index contributed by atoms with van der Waals surface area (Å²) in [6.45, 7) is 0. The molecule has 0 radical (unpaired) electrons. The van der Waals surface area contributed by atoms with Crippen molar-refractivity contribution in [3.8, 4) is 0 Å². The highest BCUT2D eigenvalue weighted by Crippen LogP contribution is 2.54. The average molecular weight is 455 g/mol. The Kier molecular flexibility index (Phi) is 4.31. The normalized spacial score (nSPS) is 24.2. The SMILES string of the molecule is O=P1(c2ccccc2)c2ccccc2C2=C(c3c1ccc1ccccc31)C1C=CC=C[C@@H]1C=C2. The van der Waals surface area contributed by atoms with Gasteiger partial charge in [-0.15, -0.1) is 0 Å². The van der Waals surface area contributed by atoms with E-state index in [9.17, 15) is 0 Å². The van der Waals surface area contributed by atoms with Crippen LogP contribution in [0.2, 0.25) is 0 Å². The Morgan fingerprint density at radius 1 is 0.647 bits per heavy atom. The quantitative estimate of drug-likeness (QED) is 0.295. The van der Waals surface area contributed by atoms with Crippen molar-refractivity contribution < 1.29 is 4.57 Å². The van der Waals surface area contributed by atoms with Gasteiger partial charge in [0, 0.05) is 27.7 Å². The van der Waals surface area contributed by atoms with Crippen LogP contribution in [-0.2, 0) is 4.57 Å². The highest BCUT2D eigenvalue weighted by molar-refractivity contribution is 7.85. The van der Waals surface area contributed by atoms with E-state index in [1.807, 2.05) is 36.4 Å². The lowest BCUT2D eigenvalue weighted by atomic mass is 9.72. The van der Waals surface area contributed by atoms with E-state index in [1.54, 1.807) is 0 Å². The first kappa shape index (κ1) is 19.8. The summed E-state index contributed by atoms with van der Waals surface area (Å²) in [5.74, 6) is 0.516. The molecular formula is C32H23OP. The van der Waals surface area contributed by atoms with Gasteiger partial charge in [-0.2, -0.15) is 0 Å². The lowest BCUT2D eigenvalue weighted by molar-refractivity contribution is 0.592. The van der Waals surface area contributed by atoms with E-state index in [2.05, 4.69) is 91.1 Å². The zero-order valence-electron chi connectivity index (χ0n) is 18.6. The van der Waals surface area contributed by atoms with Crippen LogP contribution in [0.5, 0.6) is 0 Å². The number of fused-ring (bicyclic) bond motifs is 8. The van der Waals surface area contributed by atoms with Crippen molar-refractivity contribution in [3.63, 3.8) is 0 Å². The third kappa shape index (κ3) is 2.65. The molecule has 0 saturated heterocycles. The maximum atomic E-state index is 15.6. The topological polar surface area (TPSA) is 17.1 Å². The van der Waals surface area contributed by atoms with Gasteiger partial charge in [0.2, 0.25) is 0 Å². The molecule has 4 aromatic carbocycles. The molecule has 2 aliphatic carbocycles. The molecule has 1 aliphatic heterocycles. The van der Waals surface area contributed by atoms with Gasteiger partial charge >= 0.3 is 0 Å². The molecule has 0 spiro atoms. The lowest BCUT2D eigenvalue weighted by Gasteiger charge is -2.31. The standard InChI is InChI=1S/C32H23OP/c33-34(24-12-2-1-3-13-24)29-17-9-8-16-27(29)28-20-18-22-10-4-6-14-25(22)31(28)32-26-15-7-5-11-23(26)19-21-30(32)34/h1-22,25H/t22-,25?,34?/m1/s1. The summed E-state index contributed by atoms with van der Waals surface area (Å²) in [6, 6.07) is 31.2. The number of hydrogen-bond acceptors (Lipinski definition) is 1. The van der Waals surface area contributed by atoms with Crippen molar-refractivity contribution in [2.24, 2.45) is 11.8 Å². The molecule has 1 heterocycles. The molecular weight excluding hydrogens is 431 g/mol. The van der Waals surface area contributed by atoms with Crippen molar-refractivity contribution in [1.29, 1.82) is 0 Å². The van der Waals surface area contributed by atoms with Gasteiger partial charge in [0.05, 0.1) is 0 Å². The fourth-order valence-corrected chi connectivity index (χ4v) is 9.02. The van der Waals surface area contributed by atoms with Crippen LogP contribution in [0.1, 0.15) is 11.1 Å². The predicted molar refractivity (Wildman–Crippen MR) is 145 cm³/mol. The Bertz CT molecular complexity index is 1630. The molecule has 162 valence electrons. The molecule has 3 atom stereocenters. The monoisotopic (exact) mass is 454 g/mol. The molecule has 0 fully saturated rings. The maximum Gasteiger partial charge on any atom is 0.172 e. The first-order chi connectivity index (χ1) is 16.8. The van der Waals surface area contributed by atoms with Gasteiger partial charge in [0.25, 0.3) is 0 Å². The van der Waals surface area contributed by atoms with E-state index < -0.39 is 7.14 Å². The third-order valence-corrected chi connectivity index (χ3v) is 10.6. The van der Waals surface area contributed by atoms with Crippen LogP contribution < -0.4 is 15.9 Å². The molecule has 34 heavy (non-hydrogen) atoms. The zero-order valence-corrected chi connectivity index (χ0v) is 19.5. The number of hydrogen-bond donors (Lipinski definition) is 0. The van der Waals surface area contributed by atoms with Gasteiger partial charge in [-0.25, -0.2) is 0 Å². The van der Waals surface area contributed by atoms with Gasteiger partial charge in [-0.3, -0.25) is 0 Å². The number of rotatable bonds is 1. The molecule has 2 unspecified atom stereocenters. The molecule has 4 aromatic rings. The Hall–Kier alpha value is -3.67. The summed E-state index contributed by atoms with van der Waals surface area (Å²) in [6.07, 6.45) is 13.5. The second kappa shape index (κ2) is 7.42. The fraction of sp³-hybridized carbons (Fsp3) is 0.0625. The van der Waals surface area contributed by atoms with E-state index in [1.165, 1.54) is 21.9 Å². The molecule has 0 bridgehead atoms. The highest BCUT2D eigenvalue weighted by atomic mass is 31.2. The van der Waals surface area contributed by atoms with Crippen LogP contribution >= 0.6 is 7.14 Å². The Morgan fingerprint density at radius 2 is 1.41 bits per heavy atom.